The Morgan fingerprint density at radius 1 is 1.00 bits per heavy atom. The number of nitrogens with two attached hydrogens (primary N) is 1. The molecule has 1 fully saturated rings. The number of amidine groups is 1. The van der Waals surface area contributed by atoms with E-state index in [0.717, 1.165) is 17.0 Å². The quantitative estimate of drug-likeness (QED) is 0.915. The summed E-state index contributed by atoms with van der Waals surface area (Å²) in [6.45, 7) is 1.97. The maximum absolute atomic E-state index is 6.12. The Morgan fingerprint density at radius 3 is 2.13 bits per heavy atom. The zero-order valence-corrected chi connectivity index (χ0v) is 14.2. The Bertz CT molecular complexity index is 578. The van der Waals surface area contributed by atoms with Crippen molar-refractivity contribution in [3.63, 3.8) is 0 Å². The van der Waals surface area contributed by atoms with Gasteiger partial charge in [-0.1, -0.05) is 44.2 Å². The SMILES string of the molecule is COc1ccc([C@@]2(C3CCCCCCC3)N=C(C)C(N)=N2)cc1. The number of aliphatic imine (C=N–C) groups is 2. The van der Waals surface area contributed by atoms with E-state index in [2.05, 4.69) is 12.1 Å². The molecule has 1 aromatic rings. The predicted octanol–water partition coefficient (Wildman–Crippen LogP) is 4.04. The standard InChI is InChI=1S/C19H27N3O/c1-14-18(20)22-19(21-14,15-8-6-4-3-5-7-9-15)16-10-12-17(23-2)13-11-16/h10-13,15H,3-9H2,1-2H3,(H2,20,22)/t19-/m0/s1. The van der Waals surface area contributed by atoms with E-state index in [-0.39, 0.29) is 0 Å². The summed E-state index contributed by atoms with van der Waals surface area (Å²) in [5.41, 5.74) is 7.58. The molecule has 4 nitrogen and oxygen atoms in total. The summed E-state index contributed by atoms with van der Waals surface area (Å²) in [6.07, 6.45) is 8.84. The van der Waals surface area contributed by atoms with Crippen molar-refractivity contribution in [3.8, 4) is 5.75 Å². The molecule has 2 aliphatic rings. The molecule has 0 aromatic heterocycles. The molecule has 1 saturated carbocycles. The second-order valence-corrected chi connectivity index (χ2v) is 6.69. The lowest BCUT2D eigenvalue weighted by Crippen LogP contribution is -2.31. The highest BCUT2D eigenvalue weighted by Crippen LogP contribution is 2.44. The molecule has 0 unspecified atom stereocenters. The maximum Gasteiger partial charge on any atom is 0.181 e. The first kappa shape index (κ1) is 16.0. The van der Waals surface area contributed by atoms with Gasteiger partial charge in [-0.2, -0.15) is 0 Å². The van der Waals surface area contributed by atoms with Gasteiger partial charge in [0.2, 0.25) is 0 Å². The molecule has 1 aliphatic carbocycles. The van der Waals surface area contributed by atoms with Crippen LogP contribution < -0.4 is 10.5 Å². The molecule has 0 spiro atoms. The van der Waals surface area contributed by atoms with Gasteiger partial charge in [0.05, 0.1) is 12.8 Å². The van der Waals surface area contributed by atoms with Crippen molar-refractivity contribution in [1.29, 1.82) is 0 Å². The van der Waals surface area contributed by atoms with Crippen LogP contribution in [0.1, 0.15) is 57.4 Å². The van der Waals surface area contributed by atoms with Crippen LogP contribution in [-0.2, 0) is 5.66 Å². The highest BCUT2D eigenvalue weighted by Gasteiger charge is 2.43. The van der Waals surface area contributed by atoms with Crippen molar-refractivity contribution >= 4 is 11.5 Å². The van der Waals surface area contributed by atoms with Crippen molar-refractivity contribution in [1.82, 2.24) is 0 Å². The van der Waals surface area contributed by atoms with Gasteiger partial charge in [-0.3, -0.25) is 4.99 Å². The largest absolute Gasteiger partial charge is 0.497 e. The molecule has 4 heteroatoms. The smallest absolute Gasteiger partial charge is 0.181 e. The highest BCUT2D eigenvalue weighted by molar-refractivity contribution is 6.41. The Hall–Kier alpha value is -1.84. The lowest BCUT2D eigenvalue weighted by atomic mass is 9.78. The van der Waals surface area contributed by atoms with Crippen LogP contribution in [0.25, 0.3) is 0 Å². The maximum atomic E-state index is 6.12. The summed E-state index contributed by atoms with van der Waals surface area (Å²) in [5, 5.41) is 0. The molecule has 0 saturated heterocycles. The Balaban J connectivity index is 2.00. The fourth-order valence-corrected chi connectivity index (χ4v) is 3.84. The van der Waals surface area contributed by atoms with E-state index in [1.54, 1.807) is 7.11 Å². The number of hydrogen-bond acceptors (Lipinski definition) is 4. The minimum Gasteiger partial charge on any atom is -0.497 e. The van der Waals surface area contributed by atoms with E-state index in [9.17, 15) is 0 Å². The van der Waals surface area contributed by atoms with Crippen LogP contribution >= 0.6 is 0 Å². The van der Waals surface area contributed by atoms with E-state index in [1.165, 1.54) is 44.9 Å². The zero-order valence-electron chi connectivity index (χ0n) is 14.2. The van der Waals surface area contributed by atoms with Crippen LogP contribution in [0.15, 0.2) is 34.3 Å². The van der Waals surface area contributed by atoms with Crippen molar-refractivity contribution < 1.29 is 4.74 Å². The number of rotatable bonds is 3. The number of nitrogens with zero attached hydrogens (tertiary/aromatic N) is 2. The third-order valence-electron chi connectivity index (χ3n) is 5.19. The third kappa shape index (κ3) is 3.12. The lowest BCUT2D eigenvalue weighted by molar-refractivity contribution is 0.235. The third-order valence-corrected chi connectivity index (χ3v) is 5.19. The van der Waals surface area contributed by atoms with Gasteiger partial charge >= 0.3 is 0 Å². The van der Waals surface area contributed by atoms with Crippen molar-refractivity contribution in [2.75, 3.05) is 7.11 Å². The fourth-order valence-electron chi connectivity index (χ4n) is 3.84. The Kier molecular flexibility index (Phi) is 4.69. The number of hydrogen-bond donors (Lipinski definition) is 1. The summed E-state index contributed by atoms with van der Waals surface area (Å²) in [6, 6.07) is 8.18. The summed E-state index contributed by atoms with van der Waals surface area (Å²) >= 11 is 0. The molecule has 0 amide bonds. The lowest BCUT2D eigenvalue weighted by Gasteiger charge is -2.34. The predicted molar refractivity (Wildman–Crippen MR) is 95.2 cm³/mol. The molecular weight excluding hydrogens is 286 g/mol. The molecule has 1 atom stereocenters. The van der Waals surface area contributed by atoms with Gasteiger partial charge in [0.1, 0.15) is 11.6 Å². The second-order valence-electron chi connectivity index (χ2n) is 6.69. The van der Waals surface area contributed by atoms with Crippen LogP contribution in [0.5, 0.6) is 5.75 Å². The fraction of sp³-hybridized carbons (Fsp3) is 0.579. The summed E-state index contributed by atoms with van der Waals surface area (Å²) in [7, 11) is 1.69. The molecular formula is C19H27N3O. The first-order valence-electron chi connectivity index (χ1n) is 8.72. The van der Waals surface area contributed by atoms with Gasteiger partial charge in [-0.05, 0) is 31.9 Å². The molecule has 0 radical (unpaired) electrons. The van der Waals surface area contributed by atoms with Crippen LogP contribution in [0, 0.1) is 5.92 Å². The normalized spacial score (nSPS) is 26.2. The molecule has 1 aromatic carbocycles. The van der Waals surface area contributed by atoms with E-state index in [0.29, 0.717) is 11.8 Å². The average molecular weight is 313 g/mol. The van der Waals surface area contributed by atoms with Crippen LogP contribution in [0.4, 0.5) is 0 Å². The first-order chi connectivity index (χ1) is 11.2. The van der Waals surface area contributed by atoms with Crippen LogP contribution in [-0.4, -0.2) is 18.7 Å². The molecule has 0 bridgehead atoms. The summed E-state index contributed by atoms with van der Waals surface area (Å²) in [5.74, 6) is 1.87. The Labute approximate surface area is 138 Å². The molecule has 2 N–H and O–H groups in total. The number of ether oxygens (including phenoxy) is 1. The van der Waals surface area contributed by atoms with Crippen LogP contribution in [0.2, 0.25) is 0 Å². The molecule has 1 aliphatic heterocycles. The van der Waals surface area contributed by atoms with E-state index in [1.807, 2.05) is 19.1 Å². The van der Waals surface area contributed by atoms with E-state index < -0.39 is 5.66 Å². The number of methoxy groups -OCH3 is 1. The molecule has 23 heavy (non-hydrogen) atoms. The average Bonchev–Trinajstić information content (AvgIpc) is 2.83. The minimum atomic E-state index is -0.530. The second kappa shape index (κ2) is 6.73. The molecule has 124 valence electrons. The van der Waals surface area contributed by atoms with Gasteiger partial charge in [0.25, 0.3) is 0 Å². The zero-order chi connectivity index (χ0) is 16.3. The Morgan fingerprint density at radius 2 is 1.61 bits per heavy atom. The van der Waals surface area contributed by atoms with Gasteiger partial charge in [0.15, 0.2) is 5.66 Å². The first-order valence-corrected chi connectivity index (χ1v) is 8.72. The van der Waals surface area contributed by atoms with Gasteiger partial charge in [-0.15, -0.1) is 0 Å². The molecule has 1 heterocycles. The van der Waals surface area contributed by atoms with E-state index >= 15 is 0 Å². The summed E-state index contributed by atoms with van der Waals surface area (Å²) < 4.78 is 5.29. The van der Waals surface area contributed by atoms with Crippen molar-refractivity contribution in [3.05, 3.63) is 29.8 Å². The van der Waals surface area contributed by atoms with Gasteiger partial charge in [-0.25, -0.2) is 4.99 Å². The minimum absolute atomic E-state index is 0.423. The molecule has 3 rings (SSSR count). The highest BCUT2D eigenvalue weighted by atomic mass is 16.5. The monoisotopic (exact) mass is 313 g/mol. The van der Waals surface area contributed by atoms with Gasteiger partial charge in [0, 0.05) is 11.5 Å². The summed E-state index contributed by atoms with van der Waals surface area (Å²) in [4.78, 5) is 9.84. The van der Waals surface area contributed by atoms with Crippen molar-refractivity contribution in [2.24, 2.45) is 21.6 Å². The van der Waals surface area contributed by atoms with Crippen LogP contribution in [0.3, 0.4) is 0 Å². The number of benzene rings is 1. The van der Waals surface area contributed by atoms with Crippen molar-refractivity contribution in [2.45, 2.75) is 57.5 Å². The topological polar surface area (TPSA) is 60.0 Å². The van der Waals surface area contributed by atoms with Gasteiger partial charge < -0.3 is 10.5 Å². The van der Waals surface area contributed by atoms with E-state index in [4.69, 9.17) is 20.5 Å².